The summed E-state index contributed by atoms with van der Waals surface area (Å²) >= 11 is 0. The zero-order valence-electron chi connectivity index (χ0n) is 11.6. The highest BCUT2D eigenvalue weighted by Gasteiger charge is 2.32. The van der Waals surface area contributed by atoms with Crippen LogP contribution >= 0.6 is 0 Å². The van der Waals surface area contributed by atoms with Crippen LogP contribution in [0, 0.1) is 0 Å². The Hall–Kier alpha value is -1.35. The Kier molecular flexibility index (Phi) is 3.56. The number of amides is 1. The van der Waals surface area contributed by atoms with Gasteiger partial charge >= 0.3 is 0 Å². The van der Waals surface area contributed by atoms with Gasteiger partial charge in [0.05, 0.1) is 6.04 Å². The number of rotatable bonds is 1. The zero-order valence-corrected chi connectivity index (χ0v) is 11.6. The lowest BCUT2D eigenvalue weighted by atomic mass is 9.93. The number of likely N-dealkylation sites (tertiary alicyclic amines) is 1. The molecule has 1 unspecified atom stereocenters. The van der Waals surface area contributed by atoms with Crippen molar-refractivity contribution >= 4 is 5.91 Å². The Balaban J connectivity index is 1.76. The van der Waals surface area contributed by atoms with E-state index in [4.69, 9.17) is 0 Å². The van der Waals surface area contributed by atoms with E-state index in [1.54, 1.807) is 0 Å². The van der Waals surface area contributed by atoms with Crippen LogP contribution in [0.15, 0.2) is 24.3 Å². The summed E-state index contributed by atoms with van der Waals surface area (Å²) in [5.41, 5.74) is 2.71. The van der Waals surface area contributed by atoms with Crippen molar-refractivity contribution in [1.82, 2.24) is 9.80 Å². The van der Waals surface area contributed by atoms with E-state index in [9.17, 15) is 4.79 Å². The predicted octanol–water partition coefficient (Wildman–Crippen LogP) is 2.06. The normalized spacial score (nSPS) is 24.1. The number of fused-ring (bicyclic) bond motifs is 1. The molecular weight excluding hydrogens is 236 g/mol. The van der Waals surface area contributed by atoms with Gasteiger partial charge in [-0.2, -0.15) is 0 Å². The van der Waals surface area contributed by atoms with Gasteiger partial charge in [0.1, 0.15) is 0 Å². The van der Waals surface area contributed by atoms with Gasteiger partial charge in [-0.3, -0.25) is 9.69 Å². The van der Waals surface area contributed by atoms with Crippen LogP contribution in [0.3, 0.4) is 0 Å². The van der Waals surface area contributed by atoms with Crippen molar-refractivity contribution in [2.45, 2.75) is 38.3 Å². The second kappa shape index (κ2) is 5.33. The summed E-state index contributed by atoms with van der Waals surface area (Å²) < 4.78 is 0. The summed E-state index contributed by atoms with van der Waals surface area (Å²) in [5.74, 6) is 0.330. The van der Waals surface area contributed by atoms with Crippen molar-refractivity contribution in [2.75, 3.05) is 20.1 Å². The first-order valence-electron chi connectivity index (χ1n) is 7.31. The van der Waals surface area contributed by atoms with Gasteiger partial charge < -0.3 is 4.90 Å². The Morgan fingerprint density at radius 3 is 2.53 bits per heavy atom. The Morgan fingerprint density at radius 2 is 1.79 bits per heavy atom. The number of hydrogen-bond donors (Lipinski definition) is 0. The first-order chi connectivity index (χ1) is 9.25. The Labute approximate surface area is 115 Å². The summed E-state index contributed by atoms with van der Waals surface area (Å²) in [6.07, 6.45) is 4.46. The maximum Gasteiger partial charge on any atom is 0.240 e. The van der Waals surface area contributed by atoms with Crippen molar-refractivity contribution in [3.63, 3.8) is 0 Å². The van der Waals surface area contributed by atoms with E-state index in [1.165, 1.54) is 30.4 Å². The van der Waals surface area contributed by atoms with Gasteiger partial charge in [-0.25, -0.2) is 0 Å². The quantitative estimate of drug-likeness (QED) is 0.770. The van der Waals surface area contributed by atoms with Crippen molar-refractivity contribution < 1.29 is 4.79 Å². The van der Waals surface area contributed by atoms with Gasteiger partial charge in [0.2, 0.25) is 5.91 Å². The molecule has 19 heavy (non-hydrogen) atoms. The molecular formula is C16H22N2O. The molecule has 2 aliphatic heterocycles. The molecule has 0 saturated carbocycles. The van der Waals surface area contributed by atoms with Crippen molar-refractivity contribution in [1.29, 1.82) is 0 Å². The Morgan fingerprint density at radius 1 is 1.11 bits per heavy atom. The number of benzene rings is 1. The van der Waals surface area contributed by atoms with Crippen LogP contribution in [0.4, 0.5) is 0 Å². The first-order valence-corrected chi connectivity index (χ1v) is 7.31. The van der Waals surface area contributed by atoms with Crippen LogP contribution < -0.4 is 0 Å². The summed E-state index contributed by atoms with van der Waals surface area (Å²) in [6, 6.07) is 8.53. The molecule has 1 amide bonds. The smallest absolute Gasteiger partial charge is 0.240 e. The Bertz CT molecular complexity index is 466. The number of likely N-dealkylation sites (N-methyl/N-ethyl adjacent to an activating group) is 1. The topological polar surface area (TPSA) is 23.6 Å². The van der Waals surface area contributed by atoms with E-state index in [-0.39, 0.29) is 6.04 Å². The van der Waals surface area contributed by atoms with Gasteiger partial charge in [0.15, 0.2) is 0 Å². The van der Waals surface area contributed by atoms with E-state index in [2.05, 4.69) is 41.1 Å². The largest absolute Gasteiger partial charge is 0.341 e. The van der Waals surface area contributed by atoms with Gasteiger partial charge in [-0.05, 0) is 43.9 Å². The van der Waals surface area contributed by atoms with Crippen LogP contribution in [0.2, 0.25) is 0 Å². The fourth-order valence-corrected chi connectivity index (χ4v) is 3.25. The lowest BCUT2D eigenvalue weighted by Crippen LogP contribution is -2.51. The lowest BCUT2D eigenvalue weighted by Gasteiger charge is -2.37. The molecule has 0 radical (unpaired) electrons. The first kappa shape index (κ1) is 12.7. The van der Waals surface area contributed by atoms with Gasteiger partial charge in [0.25, 0.3) is 0 Å². The number of nitrogens with zero attached hydrogens (tertiary/aromatic N) is 2. The molecule has 0 N–H and O–H groups in total. The maximum absolute atomic E-state index is 12.7. The molecule has 2 aliphatic rings. The minimum atomic E-state index is 0.0352. The molecule has 3 nitrogen and oxygen atoms in total. The monoisotopic (exact) mass is 258 g/mol. The molecule has 0 aliphatic carbocycles. The standard InChI is InChI=1S/C16H22N2O/c1-17-12-14-8-4-3-7-13(14)11-15(17)16(19)18-9-5-2-6-10-18/h3-4,7-8,15H,2,5-6,9-12H2,1H3. The molecule has 102 valence electrons. The zero-order chi connectivity index (χ0) is 13.2. The maximum atomic E-state index is 12.7. The molecule has 2 heterocycles. The van der Waals surface area contributed by atoms with E-state index in [0.29, 0.717) is 5.91 Å². The number of hydrogen-bond acceptors (Lipinski definition) is 2. The third kappa shape index (κ3) is 2.52. The fourth-order valence-electron chi connectivity index (χ4n) is 3.25. The van der Waals surface area contributed by atoms with Crippen molar-refractivity contribution in [2.24, 2.45) is 0 Å². The van der Waals surface area contributed by atoms with Gasteiger partial charge in [0, 0.05) is 19.6 Å². The second-order valence-corrected chi connectivity index (χ2v) is 5.79. The van der Waals surface area contributed by atoms with Crippen LogP contribution in [0.25, 0.3) is 0 Å². The number of carbonyl (C=O) groups excluding carboxylic acids is 1. The molecule has 0 aromatic heterocycles. The molecule has 1 aromatic rings. The molecule has 1 aromatic carbocycles. The predicted molar refractivity (Wildman–Crippen MR) is 75.8 cm³/mol. The van der Waals surface area contributed by atoms with Crippen LogP contribution in [0.1, 0.15) is 30.4 Å². The molecule has 3 heteroatoms. The molecule has 3 rings (SSSR count). The molecule has 0 bridgehead atoms. The summed E-state index contributed by atoms with van der Waals surface area (Å²) in [6.45, 7) is 2.79. The van der Waals surface area contributed by atoms with Crippen LogP contribution in [-0.4, -0.2) is 41.9 Å². The highest BCUT2D eigenvalue weighted by Crippen LogP contribution is 2.24. The van der Waals surface area contributed by atoms with Crippen LogP contribution in [-0.2, 0) is 17.8 Å². The van der Waals surface area contributed by atoms with Crippen molar-refractivity contribution in [3.05, 3.63) is 35.4 Å². The molecule has 1 saturated heterocycles. The average molecular weight is 258 g/mol. The van der Waals surface area contributed by atoms with E-state index in [0.717, 1.165) is 26.1 Å². The number of carbonyl (C=O) groups is 1. The fraction of sp³-hybridized carbons (Fsp3) is 0.562. The van der Waals surface area contributed by atoms with E-state index >= 15 is 0 Å². The van der Waals surface area contributed by atoms with E-state index < -0.39 is 0 Å². The molecule has 0 spiro atoms. The summed E-state index contributed by atoms with van der Waals surface area (Å²) in [4.78, 5) is 16.9. The third-order valence-electron chi connectivity index (χ3n) is 4.44. The minimum Gasteiger partial charge on any atom is -0.341 e. The average Bonchev–Trinajstić information content (AvgIpc) is 2.47. The molecule has 1 fully saturated rings. The van der Waals surface area contributed by atoms with E-state index in [1.807, 2.05) is 0 Å². The highest BCUT2D eigenvalue weighted by atomic mass is 16.2. The summed E-state index contributed by atoms with van der Waals surface area (Å²) in [5, 5.41) is 0. The van der Waals surface area contributed by atoms with Gasteiger partial charge in [-0.15, -0.1) is 0 Å². The minimum absolute atomic E-state index is 0.0352. The summed E-state index contributed by atoms with van der Waals surface area (Å²) in [7, 11) is 2.07. The third-order valence-corrected chi connectivity index (χ3v) is 4.44. The van der Waals surface area contributed by atoms with Gasteiger partial charge in [-0.1, -0.05) is 24.3 Å². The second-order valence-electron chi connectivity index (χ2n) is 5.79. The van der Waals surface area contributed by atoms with Crippen molar-refractivity contribution in [3.8, 4) is 0 Å². The number of piperidine rings is 1. The SMILES string of the molecule is CN1Cc2ccccc2CC1C(=O)N1CCCCC1. The van der Waals surface area contributed by atoms with Crippen LogP contribution in [0.5, 0.6) is 0 Å². The lowest BCUT2D eigenvalue weighted by molar-refractivity contribution is -0.138. The highest BCUT2D eigenvalue weighted by molar-refractivity contribution is 5.82. The molecule has 1 atom stereocenters.